The quantitative estimate of drug-likeness (QED) is 0.379. The van der Waals surface area contributed by atoms with Crippen LogP contribution in [0.5, 0.6) is 0 Å². The fraction of sp³-hybridized carbons (Fsp3) is 0.750. The Morgan fingerprint density at radius 2 is 1.73 bits per heavy atom. The SMILES string of the molecule is CC1(CCC2(C(=O)C(=O)C=O)CC2)CC1. The van der Waals surface area contributed by atoms with Crippen LogP contribution in [0, 0.1) is 10.8 Å². The molecule has 0 aromatic rings. The lowest BCUT2D eigenvalue weighted by Gasteiger charge is -2.14. The minimum atomic E-state index is -0.839. The van der Waals surface area contributed by atoms with Gasteiger partial charge in [0.2, 0.25) is 5.78 Å². The highest BCUT2D eigenvalue weighted by Gasteiger charge is 2.53. The molecule has 0 aromatic heterocycles. The van der Waals surface area contributed by atoms with Gasteiger partial charge in [-0.05, 0) is 43.9 Å². The van der Waals surface area contributed by atoms with Gasteiger partial charge in [0.25, 0.3) is 5.78 Å². The summed E-state index contributed by atoms with van der Waals surface area (Å²) in [5.41, 5.74) is -0.0241. The molecule has 3 nitrogen and oxygen atoms in total. The maximum atomic E-state index is 11.6. The lowest BCUT2D eigenvalue weighted by atomic mass is 9.88. The Kier molecular flexibility index (Phi) is 2.28. The van der Waals surface area contributed by atoms with Crippen LogP contribution in [-0.2, 0) is 14.4 Å². The Labute approximate surface area is 89.2 Å². The van der Waals surface area contributed by atoms with Crippen molar-refractivity contribution in [2.45, 2.75) is 45.4 Å². The summed E-state index contributed by atoms with van der Waals surface area (Å²) in [6, 6.07) is 0. The van der Waals surface area contributed by atoms with Crippen molar-refractivity contribution < 1.29 is 14.4 Å². The summed E-state index contributed by atoms with van der Waals surface area (Å²) in [5.74, 6) is -1.28. The van der Waals surface area contributed by atoms with Gasteiger partial charge < -0.3 is 0 Å². The highest BCUT2D eigenvalue weighted by molar-refractivity contribution is 6.59. The first kappa shape index (κ1) is 10.5. The molecule has 2 aliphatic carbocycles. The van der Waals surface area contributed by atoms with Crippen LogP contribution < -0.4 is 0 Å². The van der Waals surface area contributed by atoms with E-state index in [1.807, 2.05) is 0 Å². The molecule has 2 rings (SSSR count). The van der Waals surface area contributed by atoms with Crippen molar-refractivity contribution in [3.63, 3.8) is 0 Å². The number of aldehydes is 1. The summed E-state index contributed by atoms with van der Waals surface area (Å²) in [7, 11) is 0. The zero-order chi connectivity index (χ0) is 11.1. The molecule has 0 N–H and O–H groups in total. The van der Waals surface area contributed by atoms with E-state index < -0.39 is 17.0 Å². The average Bonchev–Trinajstić information content (AvgIpc) is 3.11. The Bertz CT molecular complexity index is 322. The van der Waals surface area contributed by atoms with Gasteiger partial charge in [-0.3, -0.25) is 14.4 Å². The average molecular weight is 208 g/mol. The molecule has 2 fully saturated rings. The van der Waals surface area contributed by atoms with Gasteiger partial charge in [-0.15, -0.1) is 0 Å². The zero-order valence-corrected chi connectivity index (χ0v) is 9.04. The van der Waals surface area contributed by atoms with E-state index >= 15 is 0 Å². The Morgan fingerprint density at radius 1 is 1.13 bits per heavy atom. The summed E-state index contributed by atoms with van der Waals surface area (Å²) in [4.78, 5) is 32.9. The summed E-state index contributed by atoms with van der Waals surface area (Å²) < 4.78 is 0. The van der Waals surface area contributed by atoms with Crippen LogP contribution in [0.4, 0.5) is 0 Å². The molecule has 0 atom stereocenters. The smallest absolute Gasteiger partial charge is 0.261 e. The van der Waals surface area contributed by atoms with E-state index in [1.54, 1.807) is 0 Å². The first-order valence-electron chi connectivity index (χ1n) is 5.55. The zero-order valence-electron chi connectivity index (χ0n) is 9.04. The Balaban J connectivity index is 1.92. The van der Waals surface area contributed by atoms with Crippen molar-refractivity contribution in [2.75, 3.05) is 0 Å². The third kappa shape index (κ3) is 2.01. The fourth-order valence-electron chi connectivity index (χ4n) is 2.06. The second-order valence-corrected chi connectivity index (χ2v) is 5.40. The molecule has 3 heteroatoms. The lowest BCUT2D eigenvalue weighted by Crippen LogP contribution is -2.26. The maximum absolute atomic E-state index is 11.6. The third-order valence-electron chi connectivity index (χ3n) is 3.98. The van der Waals surface area contributed by atoms with Crippen LogP contribution in [-0.4, -0.2) is 17.9 Å². The molecule has 0 spiro atoms. The molecule has 0 amide bonds. The number of hydrogen-bond donors (Lipinski definition) is 0. The molecule has 2 aliphatic rings. The van der Waals surface area contributed by atoms with Gasteiger partial charge in [0, 0.05) is 5.41 Å². The van der Waals surface area contributed by atoms with Crippen molar-refractivity contribution in [1.29, 1.82) is 0 Å². The predicted octanol–water partition coefficient (Wildman–Crippen LogP) is 1.68. The second kappa shape index (κ2) is 3.26. The van der Waals surface area contributed by atoms with Gasteiger partial charge in [0.05, 0.1) is 0 Å². The molecule has 2 saturated carbocycles. The largest absolute Gasteiger partial charge is 0.294 e. The first-order valence-corrected chi connectivity index (χ1v) is 5.55. The number of rotatable bonds is 6. The summed E-state index contributed by atoms with van der Waals surface area (Å²) in [5, 5.41) is 0. The van der Waals surface area contributed by atoms with E-state index in [1.165, 1.54) is 12.8 Å². The van der Waals surface area contributed by atoms with E-state index in [4.69, 9.17) is 0 Å². The van der Waals surface area contributed by atoms with Crippen LogP contribution in [0.1, 0.15) is 45.4 Å². The number of hydrogen-bond acceptors (Lipinski definition) is 3. The van der Waals surface area contributed by atoms with E-state index in [2.05, 4.69) is 6.92 Å². The van der Waals surface area contributed by atoms with E-state index in [-0.39, 0.29) is 6.29 Å². The molecule has 0 aliphatic heterocycles. The standard InChI is InChI=1S/C12H16O3/c1-11(2-3-11)4-5-12(6-7-12)10(15)9(14)8-13/h8H,2-7H2,1H3. The molecular formula is C12H16O3. The molecule has 0 saturated heterocycles. The van der Waals surface area contributed by atoms with Crippen LogP contribution >= 0.6 is 0 Å². The predicted molar refractivity (Wildman–Crippen MR) is 54.3 cm³/mol. The molecule has 82 valence electrons. The summed E-state index contributed by atoms with van der Waals surface area (Å²) >= 11 is 0. The molecular weight excluding hydrogens is 192 g/mol. The highest BCUT2D eigenvalue weighted by atomic mass is 16.2. The van der Waals surface area contributed by atoms with Crippen LogP contribution in [0.3, 0.4) is 0 Å². The molecule has 0 bridgehead atoms. The number of carbonyl (C=O) groups excluding carboxylic acids is 3. The minimum absolute atomic E-state index is 0.154. The van der Waals surface area contributed by atoms with Crippen LogP contribution in [0.15, 0.2) is 0 Å². The van der Waals surface area contributed by atoms with Crippen LogP contribution in [0.2, 0.25) is 0 Å². The Hall–Kier alpha value is -0.990. The minimum Gasteiger partial charge on any atom is -0.294 e. The van der Waals surface area contributed by atoms with Gasteiger partial charge in [-0.1, -0.05) is 6.92 Å². The second-order valence-electron chi connectivity index (χ2n) is 5.40. The summed E-state index contributed by atoms with van der Waals surface area (Å²) in [6.07, 6.45) is 6.02. The molecule has 0 aromatic carbocycles. The number of Topliss-reactive ketones (excluding diaryl/α,β-unsaturated/α-hetero) is 2. The van der Waals surface area contributed by atoms with Crippen molar-refractivity contribution in [1.82, 2.24) is 0 Å². The topological polar surface area (TPSA) is 51.2 Å². The highest BCUT2D eigenvalue weighted by Crippen LogP contribution is 2.56. The molecule has 15 heavy (non-hydrogen) atoms. The van der Waals surface area contributed by atoms with Crippen LogP contribution in [0.25, 0.3) is 0 Å². The third-order valence-corrected chi connectivity index (χ3v) is 3.98. The van der Waals surface area contributed by atoms with Gasteiger partial charge in [0.1, 0.15) is 0 Å². The van der Waals surface area contributed by atoms with E-state index in [9.17, 15) is 14.4 Å². The van der Waals surface area contributed by atoms with E-state index in [0.717, 1.165) is 25.7 Å². The first-order chi connectivity index (χ1) is 7.01. The number of ketones is 2. The van der Waals surface area contributed by atoms with Gasteiger partial charge in [-0.2, -0.15) is 0 Å². The summed E-state index contributed by atoms with van der Waals surface area (Å²) in [6.45, 7) is 2.22. The van der Waals surface area contributed by atoms with Gasteiger partial charge in [0.15, 0.2) is 6.29 Å². The lowest BCUT2D eigenvalue weighted by molar-refractivity contribution is -0.142. The van der Waals surface area contributed by atoms with Gasteiger partial charge >= 0.3 is 0 Å². The van der Waals surface area contributed by atoms with Crippen molar-refractivity contribution in [2.24, 2.45) is 10.8 Å². The fourth-order valence-corrected chi connectivity index (χ4v) is 2.06. The molecule has 0 radical (unpaired) electrons. The Morgan fingerprint density at radius 3 is 2.13 bits per heavy atom. The van der Waals surface area contributed by atoms with Crippen molar-refractivity contribution >= 4 is 17.9 Å². The van der Waals surface area contributed by atoms with Crippen molar-refractivity contribution in [3.05, 3.63) is 0 Å². The van der Waals surface area contributed by atoms with E-state index in [0.29, 0.717) is 5.41 Å². The maximum Gasteiger partial charge on any atom is 0.261 e. The number of carbonyl (C=O) groups is 3. The normalized spacial score (nSPS) is 24.3. The van der Waals surface area contributed by atoms with Crippen molar-refractivity contribution in [3.8, 4) is 0 Å². The van der Waals surface area contributed by atoms with Gasteiger partial charge in [-0.25, -0.2) is 0 Å². The monoisotopic (exact) mass is 208 g/mol. The molecule has 0 heterocycles. The molecule has 0 unspecified atom stereocenters.